The number of hydrogen-bond donors (Lipinski definition) is 0. The molecule has 0 atom stereocenters. The minimum atomic E-state index is 1.08. The van der Waals surface area contributed by atoms with Crippen LogP contribution in [0, 0.1) is 0 Å². The highest BCUT2D eigenvalue weighted by atomic mass is 14.6. The molecule has 0 unspecified atom stereocenters. The number of hydrogen-bond acceptors (Lipinski definition) is 1. The van der Waals surface area contributed by atoms with Crippen LogP contribution in [0.1, 0.15) is 17.5 Å². The average Bonchev–Trinajstić information content (AvgIpc) is 2.57. The summed E-state index contributed by atoms with van der Waals surface area (Å²) >= 11 is 0. The Morgan fingerprint density at radius 1 is 0.714 bits per heavy atom. The number of pyridine rings is 1. The van der Waals surface area contributed by atoms with Crippen molar-refractivity contribution >= 4 is 0 Å². The van der Waals surface area contributed by atoms with E-state index in [4.69, 9.17) is 0 Å². The molecule has 21 heavy (non-hydrogen) atoms. The summed E-state index contributed by atoms with van der Waals surface area (Å²) in [6, 6.07) is 23.5. The van der Waals surface area contributed by atoms with Crippen LogP contribution in [-0.2, 0) is 12.8 Å². The van der Waals surface area contributed by atoms with Gasteiger partial charge in [-0.05, 0) is 47.6 Å². The van der Waals surface area contributed by atoms with Gasteiger partial charge in [-0.3, -0.25) is 4.98 Å². The topological polar surface area (TPSA) is 12.9 Å². The number of aromatic nitrogens is 1. The van der Waals surface area contributed by atoms with E-state index in [1.54, 1.807) is 0 Å². The Bertz CT molecular complexity index is 674. The molecule has 0 fully saturated rings. The summed E-state index contributed by atoms with van der Waals surface area (Å²) in [5, 5.41) is 0. The van der Waals surface area contributed by atoms with E-state index in [9.17, 15) is 0 Å². The number of rotatable bonds is 5. The molecule has 0 spiro atoms. The lowest BCUT2D eigenvalue weighted by Crippen LogP contribution is -1.93. The first kappa shape index (κ1) is 13.6. The highest BCUT2D eigenvalue weighted by Crippen LogP contribution is 2.24. The lowest BCUT2D eigenvalue weighted by Gasteiger charge is -2.09. The van der Waals surface area contributed by atoms with E-state index < -0.39 is 0 Å². The van der Waals surface area contributed by atoms with E-state index in [-0.39, 0.29) is 0 Å². The van der Waals surface area contributed by atoms with Crippen LogP contribution in [-0.4, -0.2) is 4.98 Å². The standard InChI is InChI=1S/C20H19N/c1-2-10-18(11-3-1)20-14-5-4-12-19(20)13-6-8-17-9-7-15-21-16-17/h1-5,7,9-12,14-16H,6,8,13H2. The molecule has 0 radical (unpaired) electrons. The third kappa shape index (κ3) is 3.57. The van der Waals surface area contributed by atoms with Gasteiger partial charge in [0.1, 0.15) is 0 Å². The minimum absolute atomic E-state index is 1.08. The molecule has 0 aliphatic carbocycles. The maximum absolute atomic E-state index is 4.18. The second-order valence-electron chi connectivity index (χ2n) is 5.24. The van der Waals surface area contributed by atoms with Crippen LogP contribution in [0.4, 0.5) is 0 Å². The van der Waals surface area contributed by atoms with Crippen LogP contribution in [0.5, 0.6) is 0 Å². The Balaban J connectivity index is 1.71. The lowest BCUT2D eigenvalue weighted by atomic mass is 9.95. The van der Waals surface area contributed by atoms with Crippen molar-refractivity contribution in [2.24, 2.45) is 0 Å². The summed E-state index contributed by atoms with van der Waals surface area (Å²) in [7, 11) is 0. The van der Waals surface area contributed by atoms with E-state index in [0.717, 1.165) is 19.3 Å². The fourth-order valence-corrected chi connectivity index (χ4v) is 2.67. The van der Waals surface area contributed by atoms with Crippen LogP contribution in [0.15, 0.2) is 79.1 Å². The first-order valence-electron chi connectivity index (χ1n) is 7.46. The molecule has 1 aromatic heterocycles. The number of nitrogens with zero attached hydrogens (tertiary/aromatic N) is 1. The molecule has 2 aromatic carbocycles. The molecule has 0 saturated heterocycles. The van der Waals surface area contributed by atoms with Crippen LogP contribution in [0.2, 0.25) is 0 Å². The average molecular weight is 273 g/mol. The van der Waals surface area contributed by atoms with Gasteiger partial charge in [0.25, 0.3) is 0 Å². The molecule has 0 aliphatic rings. The first-order valence-corrected chi connectivity index (χ1v) is 7.46. The predicted octanol–water partition coefficient (Wildman–Crippen LogP) is 4.92. The van der Waals surface area contributed by atoms with E-state index in [2.05, 4.69) is 65.6 Å². The van der Waals surface area contributed by atoms with Gasteiger partial charge in [-0.25, -0.2) is 0 Å². The Kier molecular flexibility index (Phi) is 4.42. The molecule has 104 valence electrons. The maximum Gasteiger partial charge on any atom is 0.0299 e. The Morgan fingerprint density at radius 3 is 2.33 bits per heavy atom. The maximum atomic E-state index is 4.18. The lowest BCUT2D eigenvalue weighted by molar-refractivity contribution is 0.818. The normalized spacial score (nSPS) is 10.5. The molecule has 3 aromatic rings. The third-order valence-corrected chi connectivity index (χ3v) is 3.74. The molecule has 0 N–H and O–H groups in total. The van der Waals surface area contributed by atoms with E-state index in [0.29, 0.717) is 0 Å². The zero-order chi connectivity index (χ0) is 14.3. The molecule has 1 heteroatoms. The van der Waals surface area contributed by atoms with Crippen molar-refractivity contribution in [3.8, 4) is 11.1 Å². The highest BCUT2D eigenvalue weighted by Gasteiger charge is 2.04. The van der Waals surface area contributed by atoms with Gasteiger partial charge in [0.2, 0.25) is 0 Å². The van der Waals surface area contributed by atoms with Gasteiger partial charge in [0, 0.05) is 12.4 Å². The fraction of sp³-hybridized carbons (Fsp3) is 0.150. The fourth-order valence-electron chi connectivity index (χ4n) is 2.67. The minimum Gasteiger partial charge on any atom is -0.264 e. The van der Waals surface area contributed by atoms with Gasteiger partial charge in [0.15, 0.2) is 0 Å². The largest absolute Gasteiger partial charge is 0.264 e. The molecular formula is C20H19N. The van der Waals surface area contributed by atoms with Crippen molar-refractivity contribution in [3.05, 3.63) is 90.3 Å². The molecule has 1 heterocycles. The van der Waals surface area contributed by atoms with Crippen molar-refractivity contribution in [1.29, 1.82) is 0 Å². The van der Waals surface area contributed by atoms with Crippen molar-refractivity contribution < 1.29 is 0 Å². The van der Waals surface area contributed by atoms with E-state index in [1.807, 2.05) is 18.5 Å². The van der Waals surface area contributed by atoms with Crippen LogP contribution >= 0.6 is 0 Å². The second-order valence-corrected chi connectivity index (χ2v) is 5.24. The molecular weight excluding hydrogens is 254 g/mol. The predicted molar refractivity (Wildman–Crippen MR) is 88.1 cm³/mol. The zero-order valence-corrected chi connectivity index (χ0v) is 12.1. The highest BCUT2D eigenvalue weighted by molar-refractivity contribution is 5.67. The Morgan fingerprint density at radius 2 is 1.52 bits per heavy atom. The molecule has 0 aliphatic heterocycles. The summed E-state index contributed by atoms with van der Waals surface area (Å²) in [5.74, 6) is 0. The summed E-state index contributed by atoms with van der Waals surface area (Å²) in [6.07, 6.45) is 7.11. The number of aryl methyl sites for hydroxylation is 2. The van der Waals surface area contributed by atoms with Crippen molar-refractivity contribution in [2.75, 3.05) is 0 Å². The van der Waals surface area contributed by atoms with Gasteiger partial charge >= 0.3 is 0 Å². The van der Waals surface area contributed by atoms with Gasteiger partial charge in [-0.1, -0.05) is 60.7 Å². The summed E-state index contributed by atoms with van der Waals surface area (Å²) in [6.45, 7) is 0. The van der Waals surface area contributed by atoms with Crippen LogP contribution in [0.3, 0.4) is 0 Å². The van der Waals surface area contributed by atoms with Crippen LogP contribution < -0.4 is 0 Å². The van der Waals surface area contributed by atoms with Gasteiger partial charge in [-0.2, -0.15) is 0 Å². The van der Waals surface area contributed by atoms with Crippen molar-refractivity contribution in [2.45, 2.75) is 19.3 Å². The molecule has 0 amide bonds. The van der Waals surface area contributed by atoms with Gasteiger partial charge in [-0.15, -0.1) is 0 Å². The summed E-state index contributed by atoms with van der Waals surface area (Å²) in [4.78, 5) is 4.18. The quantitative estimate of drug-likeness (QED) is 0.642. The Labute approximate surface area is 126 Å². The van der Waals surface area contributed by atoms with Crippen molar-refractivity contribution in [3.63, 3.8) is 0 Å². The van der Waals surface area contributed by atoms with Gasteiger partial charge in [0.05, 0.1) is 0 Å². The first-order chi connectivity index (χ1) is 10.4. The SMILES string of the molecule is c1ccc(-c2ccccc2CCCc2cccnc2)cc1. The summed E-state index contributed by atoms with van der Waals surface area (Å²) in [5.41, 5.74) is 5.39. The second kappa shape index (κ2) is 6.85. The monoisotopic (exact) mass is 273 g/mol. The molecule has 3 rings (SSSR count). The smallest absolute Gasteiger partial charge is 0.0299 e. The van der Waals surface area contributed by atoms with Gasteiger partial charge < -0.3 is 0 Å². The van der Waals surface area contributed by atoms with E-state index >= 15 is 0 Å². The van der Waals surface area contributed by atoms with E-state index in [1.165, 1.54) is 22.3 Å². The third-order valence-electron chi connectivity index (χ3n) is 3.74. The molecule has 0 bridgehead atoms. The van der Waals surface area contributed by atoms with Crippen molar-refractivity contribution in [1.82, 2.24) is 4.98 Å². The zero-order valence-electron chi connectivity index (χ0n) is 12.1. The molecule has 1 nitrogen and oxygen atoms in total. The van der Waals surface area contributed by atoms with Crippen LogP contribution in [0.25, 0.3) is 11.1 Å². The summed E-state index contributed by atoms with van der Waals surface area (Å²) < 4.78 is 0. The Hall–Kier alpha value is -2.41. The molecule has 0 saturated carbocycles. The number of benzene rings is 2.